The van der Waals surface area contributed by atoms with Gasteiger partial charge >= 0.3 is 0 Å². The molecule has 1 saturated heterocycles. The number of carbonyl (C=O) groups is 1. The molecule has 3 N–H and O–H groups in total. The number of nitrogens with zero attached hydrogens (tertiary/aromatic N) is 1. The van der Waals surface area contributed by atoms with Gasteiger partial charge in [0.25, 0.3) is 5.91 Å². The van der Waals surface area contributed by atoms with Gasteiger partial charge in [-0.2, -0.15) is 0 Å². The molecule has 4 rings (SSSR count). The number of allylic oxidation sites excluding steroid dienone is 2. The summed E-state index contributed by atoms with van der Waals surface area (Å²) >= 11 is 1.79. The van der Waals surface area contributed by atoms with Crippen LogP contribution in [-0.2, 0) is 11.3 Å². The molecule has 0 spiro atoms. The first-order valence-corrected chi connectivity index (χ1v) is 15.1. The van der Waals surface area contributed by atoms with Crippen molar-refractivity contribution in [2.24, 2.45) is 17.6 Å². The Labute approximate surface area is 185 Å². The van der Waals surface area contributed by atoms with Gasteiger partial charge in [0.15, 0.2) is 0 Å². The summed E-state index contributed by atoms with van der Waals surface area (Å²) in [6, 6.07) is 8.60. The van der Waals surface area contributed by atoms with Crippen LogP contribution in [0, 0.1) is 11.8 Å². The standard InChI is InChI=1S/C24H34N2O2SSi/c1-30(2,28)13-10-19-6-7-22-21(19)15-23(29-22)24(27)26-11-8-18(9-12-26)20-5-3-4-17(14-20)16-25/h3-5,10,13-15,18-19,21-22,28H,6-9,11-12,16,25H2,1-2H3. The number of likely N-dealkylation sites (tertiary alicyclic amines) is 1. The molecule has 0 bridgehead atoms. The summed E-state index contributed by atoms with van der Waals surface area (Å²) in [6.45, 7) is 6.13. The molecule has 2 fully saturated rings. The van der Waals surface area contributed by atoms with Crippen molar-refractivity contribution in [3.8, 4) is 0 Å². The van der Waals surface area contributed by atoms with Crippen LogP contribution in [0.5, 0.6) is 0 Å². The van der Waals surface area contributed by atoms with Crippen molar-refractivity contribution in [3.63, 3.8) is 0 Å². The highest BCUT2D eigenvalue weighted by molar-refractivity contribution is 8.04. The van der Waals surface area contributed by atoms with Crippen molar-refractivity contribution in [3.05, 3.63) is 58.1 Å². The van der Waals surface area contributed by atoms with Gasteiger partial charge in [-0.15, -0.1) is 11.8 Å². The molecule has 2 aliphatic heterocycles. The fourth-order valence-electron chi connectivity index (χ4n) is 5.01. The van der Waals surface area contributed by atoms with E-state index in [1.807, 2.05) is 18.8 Å². The van der Waals surface area contributed by atoms with Crippen LogP contribution < -0.4 is 5.73 Å². The number of amides is 1. The molecule has 0 radical (unpaired) electrons. The molecule has 3 atom stereocenters. The molecule has 2 heterocycles. The Bertz CT molecular complexity index is 840. The lowest BCUT2D eigenvalue weighted by Gasteiger charge is -2.32. The normalized spacial score (nSPS) is 27.5. The number of benzene rings is 1. The van der Waals surface area contributed by atoms with E-state index < -0.39 is 8.32 Å². The Hall–Kier alpha value is -1.34. The summed E-state index contributed by atoms with van der Waals surface area (Å²) in [7, 11) is -2.17. The predicted octanol–water partition coefficient (Wildman–Crippen LogP) is 4.17. The van der Waals surface area contributed by atoms with E-state index in [2.05, 4.69) is 41.3 Å². The largest absolute Gasteiger partial charge is 0.428 e. The first kappa shape index (κ1) is 21.9. The Morgan fingerprint density at radius 2 is 2.03 bits per heavy atom. The highest BCUT2D eigenvalue weighted by Gasteiger charge is 2.41. The number of thioether (sulfide) groups is 1. The zero-order chi connectivity index (χ0) is 21.3. The van der Waals surface area contributed by atoms with Crippen LogP contribution in [0.25, 0.3) is 0 Å². The summed E-state index contributed by atoms with van der Waals surface area (Å²) in [5.74, 6) is 1.65. The molecular weight excluding hydrogens is 408 g/mol. The van der Waals surface area contributed by atoms with Gasteiger partial charge in [0.1, 0.15) is 0 Å². The van der Waals surface area contributed by atoms with E-state index >= 15 is 0 Å². The number of nitrogens with two attached hydrogens (primary N) is 1. The summed E-state index contributed by atoms with van der Waals surface area (Å²) in [5.41, 5.74) is 10.4. The second-order valence-corrected chi connectivity index (χ2v) is 14.5. The van der Waals surface area contributed by atoms with Crippen molar-refractivity contribution in [2.75, 3.05) is 13.1 Å². The summed E-state index contributed by atoms with van der Waals surface area (Å²) < 4.78 is 0. The number of fused-ring (bicyclic) bond motifs is 1. The van der Waals surface area contributed by atoms with Crippen LogP contribution in [0.3, 0.4) is 0 Å². The highest BCUT2D eigenvalue weighted by atomic mass is 32.2. The zero-order valence-electron chi connectivity index (χ0n) is 18.1. The number of rotatable bonds is 5. The van der Waals surface area contributed by atoms with E-state index in [1.165, 1.54) is 11.1 Å². The van der Waals surface area contributed by atoms with E-state index in [9.17, 15) is 9.59 Å². The van der Waals surface area contributed by atoms with Gasteiger partial charge < -0.3 is 15.4 Å². The smallest absolute Gasteiger partial charge is 0.259 e. The van der Waals surface area contributed by atoms with Gasteiger partial charge in [-0.05, 0) is 67.7 Å². The molecule has 3 unspecified atom stereocenters. The van der Waals surface area contributed by atoms with Crippen molar-refractivity contribution < 1.29 is 9.59 Å². The van der Waals surface area contributed by atoms with Crippen LogP contribution in [0.4, 0.5) is 0 Å². The molecule has 0 aromatic heterocycles. The monoisotopic (exact) mass is 442 g/mol. The van der Waals surface area contributed by atoms with E-state index in [0.29, 0.717) is 29.5 Å². The average Bonchev–Trinajstić information content (AvgIpc) is 3.32. The second kappa shape index (κ2) is 9.03. The molecule has 1 aliphatic carbocycles. The van der Waals surface area contributed by atoms with Gasteiger partial charge in [-0.3, -0.25) is 4.79 Å². The van der Waals surface area contributed by atoms with Gasteiger partial charge in [-0.25, -0.2) is 0 Å². The maximum absolute atomic E-state index is 13.2. The van der Waals surface area contributed by atoms with Gasteiger partial charge in [0, 0.05) is 24.9 Å². The van der Waals surface area contributed by atoms with E-state index in [-0.39, 0.29) is 5.91 Å². The maximum atomic E-state index is 13.2. The molecule has 1 saturated carbocycles. The lowest BCUT2D eigenvalue weighted by molar-refractivity contribution is -0.127. The number of piperidine rings is 1. The lowest BCUT2D eigenvalue weighted by Crippen LogP contribution is -2.38. The predicted molar refractivity (Wildman–Crippen MR) is 127 cm³/mol. The van der Waals surface area contributed by atoms with Crippen LogP contribution in [-0.4, -0.2) is 42.3 Å². The molecular formula is C24H34N2O2SSi. The van der Waals surface area contributed by atoms with E-state index in [4.69, 9.17) is 5.73 Å². The molecule has 4 nitrogen and oxygen atoms in total. The third kappa shape index (κ3) is 4.93. The number of carbonyl (C=O) groups excluding carboxylic acids is 1. The molecule has 1 aromatic carbocycles. The lowest BCUT2D eigenvalue weighted by atomic mass is 9.88. The van der Waals surface area contributed by atoms with Crippen molar-refractivity contribution >= 4 is 26.0 Å². The van der Waals surface area contributed by atoms with Crippen LogP contribution in [0.2, 0.25) is 13.1 Å². The van der Waals surface area contributed by atoms with Gasteiger partial charge in [0.2, 0.25) is 8.32 Å². The van der Waals surface area contributed by atoms with Gasteiger partial charge in [-0.1, -0.05) is 42.1 Å². The topological polar surface area (TPSA) is 66.6 Å². The fraction of sp³-hybridized carbons (Fsp3) is 0.542. The number of hydrogen-bond donors (Lipinski definition) is 2. The Balaban J connectivity index is 1.36. The van der Waals surface area contributed by atoms with E-state index in [1.54, 1.807) is 11.8 Å². The fourth-order valence-corrected chi connectivity index (χ4v) is 7.22. The SMILES string of the molecule is C[Si](C)(O)C=CC1CCC2SC(C(=O)N3CCC(c4cccc(CN)c4)CC3)=CC12. The molecule has 1 amide bonds. The first-order chi connectivity index (χ1) is 14.3. The highest BCUT2D eigenvalue weighted by Crippen LogP contribution is 2.50. The van der Waals surface area contributed by atoms with E-state index in [0.717, 1.165) is 43.7 Å². The van der Waals surface area contributed by atoms with Crippen molar-refractivity contribution in [1.29, 1.82) is 0 Å². The first-order valence-electron chi connectivity index (χ1n) is 11.2. The summed E-state index contributed by atoms with van der Waals surface area (Å²) in [6.07, 6.45) is 8.82. The number of hydrogen-bond acceptors (Lipinski definition) is 4. The van der Waals surface area contributed by atoms with Crippen molar-refractivity contribution in [1.82, 2.24) is 4.90 Å². The third-order valence-corrected chi connectivity index (χ3v) is 9.16. The quantitative estimate of drug-likeness (QED) is 0.672. The van der Waals surface area contributed by atoms with Crippen LogP contribution in [0.1, 0.15) is 42.7 Å². The molecule has 30 heavy (non-hydrogen) atoms. The summed E-state index contributed by atoms with van der Waals surface area (Å²) in [5, 5.41) is 0.526. The average molecular weight is 443 g/mol. The molecule has 6 heteroatoms. The second-order valence-electron chi connectivity index (χ2n) is 9.53. The van der Waals surface area contributed by atoms with Crippen LogP contribution in [0.15, 0.2) is 47.0 Å². The Morgan fingerprint density at radius 3 is 2.73 bits per heavy atom. The Morgan fingerprint density at radius 1 is 1.27 bits per heavy atom. The minimum Gasteiger partial charge on any atom is -0.428 e. The third-order valence-electron chi connectivity index (χ3n) is 6.73. The summed E-state index contributed by atoms with van der Waals surface area (Å²) in [4.78, 5) is 26.3. The van der Waals surface area contributed by atoms with Crippen LogP contribution >= 0.6 is 11.8 Å². The minimum absolute atomic E-state index is 0.225. The minimum atomic E-state index is -2.17. The van der Waals surface area contributed by atoms with Crippen molar-refractivity contribution in [2.45, 2.75) is 56.5 Å². The molecule has 162 valence electrons. The Kier molecular flexibility index (Phi) is 6.58. The zero-order valence-corrected chi connectivity index (χ0v) is 19.9. The molecule has 1 aromatic rings. The molecule has 3 aliphatic rings. The maximum Gasteiger partial charge on any atom is 0.259 e. The van der Waals surface area contributed by atoms with Gasteiger partial charge in [0.05, 0.1) is 4.91 Å².